The fraction of sp³-hybridized carbons (Fsp3) is 0.588. The molecule has 2 aromatic heterocycles. The van der Waals surface area contributed by atoms with Gasteiger partial charge in [-0.1, -0.05) is 44.0 Å². The molecule has 2 atom stereocenters. The Labute approximate surface area is 269 Å². The Hall–Kier alpha value is -3.24. The number of ether oxygens (including phenoxy) is 2. The van der Waals surface area contributed by atoms with E-state index in [0.29, 0.717) is 54.5 Å². The molecule has 1 aromatic carbocycles. The molecule has 4 aliphatic heterocycles. The molecule has 45 heavy (non-hydrogen) atoms. The average molecular weight is 637 g/mol. The van der Waals surface area contributed by atoms with Gasteiger partial charge in [0.05, 0.1) is 29.6 Å². The molecule has 4 fully saturated rings. The first-order valence-corrected chi connectivity index (χ1v) is 17.0. The second kappa shape index (κ2) is 12.5. The highest BCUT2D eigenvalue weighted by Gasteiger charge is 2.46. The van der Waals surface area contributed by atoms with Gasteiger partial charge >= 0.3 is 12.1 Å². The van der Waals surface area contributed by atoms with Crippen molar-refractivity contribution in [3.8, 4) is 17.3 Å². The molecular weight excluding hydrogens is 595 g/mol. The van der Waals surface area contributed by atoms with Gasteiger partial charge in [0.25, 0.3) is 0 Å². The lowest BCUT2D eigenvalue weighted by atomic mass is 9.95. The highest BCUT2D eigenvalue weighted by Crippen LogP contribution is 2.41. The van der Waals surface area contributed by atoms with Crippen LogP contribution in [0.25, 0.3) is 22.2 Å². The fourth-order valence-corrected chi connectivity index (χ4v) is 8.38. The number of fused-ring (bicyclic) bond motifs is 4. The molecule has 240 valence electrons. The van der Waals surface area contributed by atoms with E-state index in [1.165, 1.54) is 0 Å². The predicted molar refractivity (Wildman–Crippen MR) is 172 cm³/mol. The van der Waals surface area contributed by atoms with Gasteiger partial charge in [-0.3, -0.25) is 14.8 Å². The summed E-state index contributed by atoms with van der Waals surface area (Å²) < 4.78 is 28.6. The van der Waals surface area contributed by atoms with Gasteiger partial charge in [-0.15, -0.1) is 0 Å². The molecule has 0 N–H and O–H groups in total. The van der Waals surface area contributed by atoms with Crippen LogP contribution in [-0.4, -0.2) is 87.9 Å². The summed E-state index contributed by atoms with van der Waals surface area (Å²) in [5.41, 5.74) is 1.90. The molecule has 9 nitrogen and oxygen atoms in total. The van der Waals surface area contributed by atoms with Crippen LogP contribution in [0.15, 0.2) is 24.4 Å². The van der Waals surface area contributed by atoms with Crippen molar-refractivity contribution in [1.82, 2.24) is 24.8 Å². The number of pyridine rings is 1. The number of nitrogens with zero attached hydrogens (tertiary/aromatic N) is 6. The molecule has 3 aromatic rings. The maximum absolute atomic E-state index is 16.6. The summed E-state index contributed by atoms with van der Waals surface area (Å²) in [6.07, 6.45) is 10.2. The van der Waals surface area contributed by atoms with E-state index in [2.05, 4.69) is 21.7 Å². The summed E-state index contributed by atoms with van der Waals surface area (Å²) in [6, 6.07) is 5.65. The van der Waals surface area contributed by atoms with E-state index < -0.39 is 5.82 Å². The normalized spacial score (nSPS) is 22.3. The molecule has 1 amide bonds. The summed E-state index contributed by atoms with van der Waals surface area (Å²) >= 11 is 6.51. The Morgan fingerprint density at radius 1 is 1.11 bits per heavy atom. The third-order valence-corrected chi connectivity index (χ3v) is 10.7. The van der Waals surface area contributed by atoms with Gasteiger partial charge in [0.15, 0.2) is 5.82 Å². The number of halogens is 2. The lowest BCUT2D eigenvalue weighted by Gasteiger charge is -2.41. The van der Waals surface area contributed by atoms with Crippen molar-refractivity contribution in [3.63, 3.8) is 0 Å². The Kier molecular flexibility index (Phi) is 8.46. The minimum atomic E-state index is -0.513. The SMILES string of the molecule is CCCCOC(=O)N1[C@@H]2CC[C@H]1CN(c1nc(OCC34CCCN3CCC4)nc3c(F)c(-c4cccc(Cl)c4CC)ncc13)C2. The van der Waals surface area contributed by atoms with Crippen LogP contribution in [0.2, 0.25) is 5.02 Å². The molecule has 0 unspecified atom stereocenters. The van der Waals surface area contributed by atoms with Crippen molar-refractivity contribution < 1.29 is 18.7 Å². The largest absolute Gasteiger partial charge is 0.461 e. The zero-order valence-electron chi connectivity index (χ0n) is 26.2. The second-order valence-electron chi connectivity index (χ2n) is 13.0. The predicted octanol–water partition coefficient (Wildman–Crippen LogP) is 6.64. The number of carbonyl (C=O) groups is 1. The number of unbranched alkanes of at least 4 members (excludes halogenated alkanes) is 1. The second-order valence-corrected chi connectivity index (χ2v) is 13.4. The monoisotopic (exact) mass is 636 g/mol. The van der Waals surface area contributed by atoms with Crippen LogP contribution in [0.4, 0.5) is 15.0 Å². The first kappa shape index (κ1) is 30.4. The molecule has 0 saturated carbocycles. The number of piperazine rings is 1. The van der Waals surface area contributed by atoms with E-state index in [0.717, 1.165) is 70.0 Å². The summed E-state index contributed by atoms with van der Waals surface area (Å²) in [4.78, 5) is 33.8. The van der Waals surface area contributed by atoms with E-state index in [4.69, 9.17) is 31.0 Å². The van der Waals surface area contributed by atoms with Crippen LogP contribution >= 0.6 is 11.6 Å². The van der Waals surface area contributed by atoms with Crippen LogP contribution in [-0.2, 0) is 11.2 Å². The third kappa shape index (κ3) is 5.47. The number of amides is 1. The molecule has 7 rings (SSSR count). The molecule has 11 heteroatoms. The van der Waals surface area contributed by atoms with Crippen molar-refractivity contribution >= 4 is 34.4 Å². The maximum Gasteiger partial charge on any atom is 0.410 e. The van der Waals surface area contributed by atoms with Crippen LogP contribution in [0, 0.1) is 5.82 Å². The van der Waals surface area contributed by atoms with Gasteiger partial charge < -0.3 is 14.4 Å². The van der Waals surface area contributed by atoms with Gasteiger partial charge in [0.2, 0.25) is 0 Å². The van der Waals surface area contributed by atoms with Gasteiger partial charge in [-0.2, -0.15) is 9.97 Å². The minimum Gasteiger partial charge on any atom is -0.461 e. The third-order valence-electron chi connectivity index (χ3n) is 10.4. The Bertz CT molecular complexity index is 1570. The molecule has 6 heterocycles. The lowest BCUT2D eigenvalue weighted by molar-refractivity contribution is 0.0776. The molecular formula is C34H42ClFN6O3. The summed E-state index contributed by atoms with van der Waals surface area (Å²) in [7, 11) is 0. The molecule has 4 aliphatic rings. The lowest BCUT2D eigenvalue weighted by Crippen LogP contribution is -2.56. The molecule has 2 bridgehead atoms. The zero-order chi connectivity index (χ0) is 31.1. The summed E-state index contributed by atoms with van der Waals surface area (Å²) in [5.74, 6) is 0.0819. The average Bonchev–Trinajstić information content (AvgIpc) is 3.70. The highest BCUT2D eigenvalue weighted by molar-refractivity contribution is 6.31. The van der Waals surface area contributed by atoms with Crippen molar-refractivity contribution in [2.75, 3.05) is 44.3 Å². The maximum atomic E-state index is 16.6. The van der Waals surface area contributed by atoms with Crippen molar-refractivity contribution in [2.24, 2.45) is 0 Å². The standard InChI is InChI=1S/C34H42ClFN6O3/c1-3-5-17-44-33(43)42-22-11-12-23(42)20-40(19-22)31-26-18-37-29(25-9-6-10-27(35)24(25)4-2)28(36)30(26)38-32(39-31)45-21-34-13-7-15-41(34)16-8-14-34/h6,9-10,18,22-23H,3-5,7-8,11-17,19-21H2,1-2H3/t22-,23+. The van der Waals surface area contributed by atoms with Crippen molar-refractivity contribution in [1.29, 1.82) is 0 Å². The molecule has 0 radical (unpaired) electrons. The van der Waals surface area contributed by atoms with Crippen molar-refractivity contribution in [2.45, 2.75) is 89.3 Å². The van der Waals surface area contributed by atoms with Crippen LogP contribution in [0.3, 0.4) is 0 Å². The van der Waals surface area contributed by atoms with Gasteiger partial charge in [0.1, 0.15) is 23.6 Å². The number of hydrogen-bond donors (Lipinski definition) is 0. The van der Waals surface area contributed by atoms with Crippen LogP contribution in [0.1, 0.15) is 70.8 Å². The van der Waals surface area contributed by atoms with Gasteiger partial charge in [-0.25, -0.2) is 9.18 Å². The Balaban J connectivity index is 1.25. The number of anilines is 1. The summed E-state index contributed by atoms with van der Waals surface area (Å²) in [5, 5.41) is 1.12. The van der Waals surface area contributed by atoms with Crippen LogP contribution in [0.5, 0.6) is 6.01 Å². The summed E-state index contributed by atoms with van der Waals surface area (Å²) in [6.45, 7) is 8.31. The minimum absolute atomic E-state index is 0.000114. The van der Waals surface area contributed by atoms with Gasteiger partial charge in [0, 0.05) is 29.9 Å². The Morgan fingerprint density at radius 3 is 2.58 bits per heavy atom. The van der Waals surface area contributed by atoms with Gasteiger partial charge in [-0.05, 0) is 76.1 Å². The number of hydrogen-bond acceptors (Lipinski definition) is 8. The molecule has 4 saturated heterocycles. The first-order valence-electron chi connectivity index (χ1n) is 16.6. The highest BCUT2D eigenvalue weighted by atomic mass is 35.5. The molecule has 0 spiro atoms. The Morgan fingerprint density at radius 2 is 1.87 bits per heavy atom. The number of rotatable bonds is 9. The smallest absolute Gasteiger partial charge is 0.410 e. The van der Waals surface area contributed by atoms with E-state index >= 15 is 4.39 Å². The fourth-order valence-electron chi connectivity index (χ4n) is 8.07. The molecule has 0 aliphatic carbocycles. The van der Waals surface area contributed by atoms with Crippen molar-refractivity contribution in [3.05, 3.63) is 40.8 Å². The number of benzene rings is 1. The van der Waals surface area contributed by atoms with Crippen LogP contribution < -0.4 is 9.64 Å². The number of aromatic nitrogens is 3. The van der Waals surface area contributed by atoms with E-state index in [1.54, 1.807) is 6.20 Å². The first-order chi connectivity index (χ1) is 21.9. The van der Waals surface area contributed by atoms with E-state index in [-0.39, 0.29) is 40.9 Å². The van der Waals surface area contributed by atoms with E-state index in [1.807, 2.05) is 30.0 Å². The number of carbonyl (C=O) groups excluding carboxylic acids is 1. The topological polar surface area (TPSA) is 83.9 Å². The quantitative estimate of drug-likeness (QED) is 0.242. The van der Waals surface area contributed by atoms with E-state index in [9.17, 15) is 4.79 Å². The zero-order valence-corrected chi connectivity index (χ0v) is 27.0.